The number of carbonyl (C=O) groups is 2. The number of esters is 2. The summed E-state index contributed by atoms with van der Waals surface area (Å²) in [6, 6.07) is 0. The molecule has 0 amide bonds. The van der Waals surface area contributed by atoms with Crippen LogP contribution >= 0.6 is 0 Å². The van der Waals surface area contributed by atoms with Crippen LogP contribution < -0.4 is 0 Å². The molecule has 0 radical (unpaired) electrons. The van der Waals surface area contributed by atoms with Crippen molar-refractivity contribution in [1.82, 2.24) is 0 Å². The van der Waals surface area contributed by atoms with E-state index in [2.05, 4.69) is 74.6 Å². The summed E-state index contributed by atoms with van der Waals surface area (Å²) in [4.78, 5) is 24.7. The molecule has 0 aliphatic rings. The quantitative estimate of drug-likeness (QED) is 0.0373. The molecule has 1 atom stereocenters. The molecule has 0 aliphatic carbocycles. The average Bonchev–Trinajstić information content (AvgIpc) is 3.49. The minimum absolute atomic E-state index is 0.0600. The van der Waals surface area contributed by atoms with E-state index in [1.54, 1.807) is 0 Å². The van der Waals surface area contributed by atoms with Gasteiger partial charge in [0, 0.05) is 12.8 Å². The Hall–Kier alpha value is -2.40. The monoisotopic (exact) mass is 1150 g/mol. The van der Waals surface area contributed by atoms with Gasteiger partial charge in [0.05, 0.1) is 6.61 Å². The molecule has 0 fully saturated rings. The highest BCUT2D eigenvalue weighted by atomic mass is 16.6. The molecule has 5 nitrogen and oxygen atoms in total. The zero-order valence-corrected chi connectivity index (χ0v) is 55.3. The first-order chi connectivity index (χ1) is 40.6. The number of unbranched alkanes of at least 4 members (excludes halogenated alkanes) is 51. The molecule has 0 aromatic carbocycles. The van der Waals surface area contributed by atoms with Gasteiger partial charge in [-0.15, -0.1) is 0 Å². The van der Waals surface area contributed by atoms with Crippen molar-refractivity contribution in [3.05, 3.63) is 60.8 Å². The Morgan fingerprint density at radius 3 is 0.805 bits per heavy atom. The Kier molecular flexibility index (Phi) is 70.7. The predicted octanol–water partition coefficient (Wildman–Crippen LogP) is 25.7. The molecular weight excluding hydrogens is 1000 g/mol. The maximum atomic E-state index is 12.4. The predicted molar refractivity (Wildman–Crippen MR) is 362 cm³/mol. The van der Waals surface area contributed by atoms with E-state index in [0.717, 1.165) is 57.8 Å². The lowest BCUT2D eigenvalue weighted by Crippen LogP contribution is -2.28. The third kappa shape index (κ3) is 70.1. The first-order valence-electron chi connectivity index (χ1n) is 36.8. The van der Waals surface area contributed by atoms with Gasteiger partial charge in [-0.25, -0.2) is 0 Å². The topological polar surface area (TPSA) is 72.8 Å². The van der Waals surface area contributed by atoms with Gasteiger partial charge in [0.15, 0.2) is 6.10 Å². The van der Waals surface area contributed by atoms with E-state index in [0.29, 0.717) is 12.8 Å². The fourth-order valence-electron chi connectivity index (χ4n) is 11.3. The molecule has 480 valence electrons. The van der Waals surface area contributed by atoms with E-state index >= 15 is 0 Å². The van der Waals surface area contributed by atoms with Crippen molar-refractivity contribution in [2.75, 3.05) is 13.2 Å². The van der Waals surface area contributed by atoms with Gasteiger partial charge < -0.3 is 14.6 Å². The third-order valence-electron chi connectivity index (χ3n) is 16.8. The standard InChI is InChI=1S/C77H142O5/c1-3-5-7-9-11-13-15-17-19-21-23-25-27-29-31-33-35-37-38-40-42-44-46-48-50-52-54-56-58-60-62-64-66-68-70-72-77(80)82-75(73-78)74-81-76(79)71-69-67-65-63-61-59-57-55-53-51-49-47-45-43-41-39-36-34-32-30-28-26-24-22-20-18-16-14-12-10-8-6-4-2/h5,7,11,13,17,19,22-25,75,78H,3-4,6,8-10,12,14-16,18,20-21,26-74H2,1-2H3/b7-5-,13-11-,19-17-,24-22-,25-23-. The molecule has 0 aromatic heterocycles. The Labute approximate surface area is 512 Å². The van der Waals surface area contributed by atoms with Gasteiger partial charge in [-0.1, -0.05) is 370 Å². The molecule has 0 rings (SSSR count). The largest absolute Gasteiger partial charge is 0.462 e. The zero-order valence-electron chi connectivity index (χ0n) is 55.3. The van der Waals surface area contributed by atoms with Gasteiger partial charge in [-0.2, -0.15) is 0 Å². The van der Waals surface area contributed by atoms with Crippen molar-refractivity contribution in [2.24, 2.45) is 0 Å². The highest BCUT2D eigenvalue weighted by molar-refractivity contribution is 5.70. The molecule has 0 aromatic rings. The molecule has 82 heavy (non-hydrogen) atoms. The molecular formula is C77H142O5. The minimum atomic E-state index is -0.771. The van der Waals surface area contributed by atoms with Crippen molar-refractivity contribution in [2.45, 2.75) is 405 Å². The van der Waals surface area contributed by atoms with Crippen molar-refractivity contribution >= 4 is 11.9 Å². The molecule has 0 aliphatic heterocycles. The molecule has 1 unspecified atom stereocenters. The zero-order chi connectivity index (χ0) is 59.1. The van der Waals surface area contributed by atoms with E-state index in [1.807, 2.05) is 0 Å². The third-order valence-corrected chi connectivity index (χ3v) is 16.8. The number of rotatable bonds is 69. The van der Waals surface area contributed by atoms with Crippen LogP contribution in [0.4, 0.5) is 0 Å². The maximum Gasteiger partial charge on any atom is 0.306 e. The average molecular weight is 1150 g/mol. The van der Waals surface area contributed by atoms with Gasteiger partial charge in [-0.3, -0.25) is 9.59 Å². The number of hydrogen-bond donors (Lipinski definition) is 1. The molecule has 0 saturated heterocycles. The Morgan fingerprint density at radius 1 is 0.293 bits per heavy atom. The Balaban J connectivity index is 3.38. The van der Waals surface area contributed by atoms with E-state index in [4.69, 9.17) is 9.47 Å². The Bertz CT molecular complexity index is 1390. The van der Waals surface area contributed by atoms with Crippen LogP contribution in [0.1, 0.15) is 399 Å². The van der Waals surface area contributed by atoms with Crippen LogP contribution in [0.3, 0.4) is 0 Å². The van der Waals surface area contributed by atoms with E-state index in [1.165, 1.54) is 315 Å². The lowest BCUT2D eigenvalue weighted by molar-refractivity contribution is -0.161. The highest BCUT2D eigenvalue weighted by Gasteiger charge is 2.16. The van der Waals surface area contributed by atoms with Crippen molar-refractivity contribution in [3.8, 4) is 0 Å². The van der Waals surface area contributed by atoms with Crippen LogP contribution in [0, 0.1) is 0 Å². The number of aliphatic hydroxyl groups excluding tert-OH is 1. The molecule has 1 N–H and O–H groups in total. The fourth-order valence-corrected chi connectivity index (χ4v) is 11.3. The smallest absolute Gasteiger partial charge is 0.306 e. The summed E-state index contributed by atoms with van der Waals surface area (Å²) in [6.07, 6.45) is 100.0. The van der Waals surface area contributed by atoms with Gasteiger partial charge in [0.25, 0.3) is 0 Å². The minimum Gasteiger partial charge on any atom is -0.462 e. The van der Waals surface area contributed by atoms with Crippen molar-refractivity contribution in [3.63, 3.8) is 0 Å². The number of ether oxygens (including phenoxy) is 2. The molecule has 0 bridgehead atoms. The van der Waals surface area contributed by atoms with Crippen LogP contribution in [0.25, 0.3) is 0 Å². The van der Waals surface area contributed by atoms with E-state index in [-0.39, 0.29) is 25.2 Å². The molecule has 0 spiro atoms. The van der Waals surface area contributed by atoms with Crippen LogP contribution in [0.5, 0.6) is 0 Å². The van der Waals surface area contributed by atoms with Crippen LogP contribution in [-0.4, -0.2) is 36.4 Å². The second-order valence-electron chi connectivity index (χ2n) is 25.0. The van der Waals surface area contributed by atoms with Gasteiger partial charge in [0.2, 0.25) is 0 Å². The lowest BCUT2D eigenvalue weighted by Gasteiger charge is -2.15. The first kappa shape index (κ1) is 79.6. The van der Waals surface area contributed by atoms with Gasteiger partial charge >= 0.3 is 11.9 Å². The molecule has 5 heteroatoms. The summed E-state index contributed by atoms with van der Waals surface area (Å²) >= 11 is 0. The van der Waals surface area contributed by atoms with E-state index < -0.39 is 6.10 Å². The first-order valence-corrected chi connectivity index (χ1v) is 36.8. The van der Waals surface area contributed by atoms with Crippen LogP contribution in [0.2, 0.25) is 0 Å². The van der Waals surface area contributed by atoms with Gasteiger partial charge in [0.1, 0.15) is 6.61 Å². The second-order valence-corrected chi connectivity index (χ2v) is 25.0. The summed E-state index contributed by atoms with van der Waals surface area (Å²) in [6.45, 7) is 4.09. The Morgan fingerprint density at radius 2 is 0.524 bits per heavy atom. The highest BCUT2D eigenvalue weighted by Crippen LogP contribution is 2.19. The SMILES string of the molecule is CC/C=C\C/C=C\C/C=C\C/C=C\CCCCCCCCCCCCCCCCCCCCCCCCC(=O)OC(CO)COC(=O)CCCCCCCCCCCCCCCCCCCCCCC/C=C\CCCCCCCCCC. The molecule has 0 saturated carbocycles. The number of hydrogen-bond acceptors (Lipinski definition) is 5. The lowest BCUT2D eigenvalue weighted by atomic mass is 10.0. The maximum absolute atomic E-state index is 12.4. The number of allylic oxidation sites excluding steroid dienone is 10. The summed E-state index contributed by atoms with van der Waals surface area (Å²) in [5, 5.41) is 9.71. The number of aliphatic hydroxyl groups is 1. The second kappa shape index (κ2) is 72.9. The number of carbonyl (C=O) groups excluding carboxylic acids is 2. The van der Waals surface area contributed by atoms with Gasteiger partial charge in [-0.05, 0) is 77.0 Å². The normalized spacial score (nSPS) is 12.5. The van der Waals surface area contributed by atoms with Crippen LogP contribution in [-0.2, 0) is 19.1 Å². The summed E-state index contributed by atoms with van der Waals surface area (Å²) in [5.41, 5.74) is 0. The van der Waals surface area contributed by atoms with E-state index in [9.17, 15) is 14.7 Å². The van der Waals surface area contributed by atoms with Crippen LogP contribution in [0.15, 0.2) is 60.8 Å². The molecule has 0 heterocycles. The van der Waals surface area contributed by atoms with Crippen molar-refractivity contribution < 1.29 is 24.2 Å². The summed E-state index contributed by atoms with van der Waals surface area (Å²) in [7, 11) is 0. The summed E-state index contributed by atoms with van der Waals surface area (Å²) < 4.78 is 10.8. The fraction of sp³-hybridized carbons (Fsp3) is 0.844. The van der Waals surface area contributed by atoms with Crippen molar-refractivity contribution in [1.29, 1.82) is 0 Å². The summed E-state index contributed by atoms with van der Waals surface area (Å²) in [5.74, 6) is -0.566.